The molecule has 0 amide bonds. The predicted octanol–water partition coefficient (Wildman–Crippen LogP) is 17.1. The molecule has 2 aliphatic heterocycles. The topological polar surface area (TPSA) is 0 Å². The first-order valence-electron chi connectivity index (χ1n) is 23.6. The fraction of sp³-hybridized carbons (Fsp3) is 0.279. The van der Waals surface area contributed by atoms with Gasteiger partial charge in [0.25, 0.3) is 0 Å². The van der Waals surface area contributed by atoms with Crippen LogP contribution in [-0.2, 0) is 16.2 Å². The van der Waals surface area contributed by atoms with Gasteiger partial charge in [-0.1, -0.05) is 161 Å². The molecule has 8 aromatic rings. The maximum atomic E-state index is 2.58. The summed E-state index contributed by atoms with van der Waals surface area (Å²) in [4.78, 5) is 2.97. The van der Waals surface area contributed by atoms with Gasteiger partial charge in [-0.2, -0.15) is 0 Å². The molecule has 2 fully saturated rings. The summed E-state index contributed by atoms with van der Waals surface area (Å²) in [6.07, 6.45) is 10.4. The lowest BCUT2D eigenvalue weighted by atomic mass is 9.64. The first-order chi connectivity index (χ1) is 30.7. The smallest absolute Gasteiger partial charge is 0.0720 e. The van der Waals surface area contributed by atoms with Crippen LogP contribution in [0, 0.1) is 0 Å². The molecular formula is C61H54S2. The highest BCUT2D eigenvalue weighted by Crippen LogP contribution is 2.66. The number of fused-ring (bicyclic) bond motifs is 14. The van der Waals surface area contributed by atoms with E-state index in [1.165, 1.54) is 138 Å². The first kappa shape index (κ1) is 38.4. The van der Waals surface area contributed by atoms with Gasteiger partial charge >= 0.3 is 0 Å². The van der Waals surface area contributed by atoms with E-state index in [1.807, 2.05) is 0 Å². The highest BCUT2D eigenvalue weighted by atomic mass is 32.2. The van der Waals surface area contributed by atoms with Crippen molar-refractivity contribution >= 4 is 45.1 Å². The monoisotopic (exact) mass is 850 g/mol. The van der Waals surface area contributed by atoms with Gasteiger partial charge in [0.1, 0.15) is 0 Å². The van der Waals surface area contributed by atoms with Crippen molar-refractivity contribution in [2.45, 2.75) is 115 Å². The van der Waals surface area contributed by atoms with Gasteiger partial charge in [-0.05, 0) is 164 Å². The van der Waals surface area contributed by atoms with Crippen LogP contribution in [0.25, 0.3) is 54.9 Å². The van der Waals surface area contributed by atoms with E-state index < -0.39 is 5.41 Å². The summed E-state index contributed by atoms with van der Waals surface area (Å²) in [5, 5.41) is 5.31. The summed E-state index contributed by atoms with van der Waals surface area (Å²) in [5.74, 6) is 0. The van der Waals surface area contributed by atoms with E-state index in [1.54, 1.807) is 11.1 Å². The molecule has 8 aromatic carbocycles. The molecular weight excluding hydrogens is 797 g/mol. The maximum Gasteiger partial charge on any atom is 0.0720 e. The van der Waals surface area contributed by atoms with Crippen LogP contribution in [0.4, 0.5) is 0 Å². The van der Waals surface area contributed by atoms with E-state index in [0.717, 1.165) is 0 Å². The Kier molecular flexibility index (Phi) is 8.24. The third-order valence-electron chi connectivity index (χ3n) is 17.5. The zero-order valence-electron chi connectivity index (χ0n) is 37.0. The van der Waals surface area contributed by atoms with E-state index in [2.05, 4.69) is 209 Å². The zero-order chi connectivity index (χ0) is 42.3. The summed E-state index contributed by atoms with van der Waals surface area (Å²) in [7, 11) is 0. The van der Waals surface area contributed by atoms with E-state index >= 15 is 0 Å². The normalized spacial score (nSPS) is 26.2. The third-order valence-corrected chi connectivity index (χ3v) is 20.8. The average molecular weight is 851 g/mol. The SMILES string of the molecule is CC12CCCCC1(C)c1cc(-c3ccc4c(c3)C(c3ccccc3)(c3ccccc3)c3c-4c4ccccc4c4cc(-c5ccc6c(c5)C5(C)CCCCC5(C)S6)ccc34)ccc1S2. The predicted molar refractivity (Wildman–Crippen MR) is 270 cm³/mol. The highest BCUT2D eigenvalue weighted by Gasteiger charge is 2.55. The van der Waals surface area contributed by atoms with Crippen LogP contribution in [0.3, 0.4) is 0 Å². The van der Waals surface area contributed by atoms with Crippen molar-refractivity contribution in [2.24, 2.45) is 0 Å². The van der Waals surface area contributed by atoms with Crippen molar-refractivity contribution in [3.8, 4) is 33.4 Å². The molecule has 0 bridgehead atoms. The quantitative estimate of drug-likeness (QED) is 0.162. The molecule has 0 spiro atoms. The minimum atomic E-state index is -0.543. The Morgan fingerprint density at radius 3 is 1.41 bits per heavy atom. The van der Waals surface area contributed by atoms with Crippen molar-refractivity contribution < 1.29 is 0 Å². The Morgan fingerprint density at radius 2 is 0.841 bits per heavy atom. The van der Waals surface area contributed by atoms with E-state index in [4.69, 9.17) is 0 Å². The lowest BCUT2D eigenvalue weighted by molar-refractivity contribution is 0.260. The summed E-state index contributed by atoms with van der Waals surface area (Å²) in [6, 6.07) is 61.9. The molecule has 2 heterocycles. The van der Waals surface area contributed by atoms with Crippen molar-refractivity contribution in [2.75, 3.05) is 0 Å². The molecule has 5 aliphatic rings. The van der Waals surface area contributed by atoms with Gasteiger partial charge in [-0.25, -0.2) is 0 Å². The van der Waals surface area contributed by atoms with Gasteiger partial charge in [0.15, 0.2) is 0 Å². The van der Waals surface area contributed by atoms with Gasteiger partial charge in [0.2, 0.25) is 0 Å². The fourth-order valence-electron chi connectivity index (χ4n) is 13.6. The summed E-state index contributed by atoms with van der Waals surface area (Å²) < 4.78 is 0.534. The van der Waals surface area contributed by atoms with Crippen LogP contribution in [0.5, 0.6) is 0 Å². The van der Waals surface area contributed by atoms with Crippen LogP contribution >= 0.6 is 23.5 Å². The number of rotatable bonds is 4. The van der Waals surface area contributed by atoms with Gasteiger partial charge in [0, 0.05) is 30.1 Å². The van der Waals surface area contributed by atoms with Crippen LogP contribution in [-0.4, -0.2) is 9.49 Å². The van der Waals surface area contributed by atoms with Gasteiger partial charge < -0.3 is 0 Å². The Labute approximate surface area is 382 Å². The maximum absolute atomic E-state index is 2.58. The lowest BCUT2D eigenvalue weighted by Crippen LogP contribution is -2.43. The fourth-order valence-corrected chi connectivity index (χ4v) is 17.0. The van der Waals surface area contributed by atoms with E-state index in [-0.39, 0.29) is 20.3 Å². The molecule has 2 saturated carbocycles. The molecule has 4 unspecified atom stereocenters. The van der Waals surface area contributed by atoms with Gasteiger partial charge in [0.05, 0.1) is 5.41 Å². The number of thioether (sulfide) groups is 2. The Hall–Kier alpha value is -5.02. The summed E-state index contributed by atoms with van der Waals surface area (Å²) in [5.41, 5.74) is 16.3. The lowest BCUT2D eigenvalue weighted by Gasteiger charge is -2.45. The van der Waals surface area contributed by atoms with E-state index in [9.17, 15) is 0 Å². The largest absolute Gasteiger partial charge is 0.118 e. The third kappa shape index (κ3) is 5.09. The highest BCUT2D eigenvalue weighted by molar-refractivity contribution is 8.01. The molecule has 0 N–H and O–H groups in total. The number of hydrogen-bond donors (Lipinski definition) is 0. The van der Waals surface area contributed by atoms with Crippen LogP contribution < -0.4 is 0 Å². The Morgan fingerprint density at radius 1 is 0.381 bits per heavy atom. The molecule has 0 saturated heterocycles. The molecule has 0 radical (unpaired) electrons. The average Bonchev–Trinajstić information content (AvgIpc) is 3.86. The standard InChI is InChI=1S/C61H54S2/c1-57-31-13-15-33-59(57,3)62-53-29-25-41(37-51(53)57)39-23-27-47-49(35-39)45-21-11-12-22-46(45)55-48-28-24-40(42-26-30-54-52(38-42)58(2)32-14-16-34-60(58,4)63-54)36-50(48)61(56(47)55,43-17-7-5-8-18-43)44-19-9-6-10-20-44/h5-12,17-30,35-38H,13-16,31-34H2,1-4H3. The second-order valence-corrected chi connectivity index (χ2v) is 23.6. The molecule has 310 valence electrons. The van der Waals surface area contributed by atoms with E-state index in [0.29, 0.717) is 0 Å². The van der Waals surface area contributed by atoms with Crippen molar-refractivity contribution in [1.82, 2.24) is 0 Å². The minimum absolute atomic E-state index is 0.190. The first-order valence-corrected chi connectivity index (χ1v) is 25.2. The van der Waals surface area contributed by atoms with Crippen molar-refractivity contribution in [3.63, 3.8) is 0 Å². The molecule has 0 aromatic heterocycles. The van der Waals surface area contributed by atoms with Crippen LogP contribution in [0.2, 0.25) is 0 Å². The van der Waals surface area contributed by atoms with Crippen LogP contribution in [0.15, 0.2) is 168 Å². The summed E-state index contributed by atoms with van der Waals surface area (Å²) in [6.45, 7) is 10.2. The summed E-state index contributed by atoms with van der Waals surface area (Å²) >= 11 is 4.28. The van der Waals surface area contributed by atoms with Crippen LogP contribution in [0.1, 0.15) is 112 Å². The van der Waals surface area contributed by atoms with Gasteiger partial charge in [-0.3, -0.25) is 0 Å². The number of hydrogen-bond acceptors (Lipinski definition) is 2. The molecule has 2 heteroatoms. The molecule has 13 rings (SSSR count). The zero-order valence-corrected chi connectivity index (χ0v) is 38.6. The Balaban J connectivity index is 1.06. The van der Waals surface area contributed by atoms with Crippen molar-refractivity contribution in [3.05, 3.63) is 191 Å². The molecule has 0 nitrogen and oxygen atoms in total. The van der Waals surface area contributed by atoms with Gasteiger partial charge in [-0.15, -0.1) is 23.5 Å². The molecule has 63 heavy (non-hydrogen) atoms. The second kappa shape index (κ2) is 13.5. The minimum Gasteiger partial charge on any atom is -0.118 e. The second-order valence-electron chi connectivity index (χ2n) is 20.5. The Bertz CT molecular complexity index is 3160. The van der Waals surface area contributed by atoms with Crippen molar-refractivity contribution in [1.29, 1.82) is 0 Å². The molecule has 3 aliphatic carbocycles. The molecule has 4 atom stereocenters. The number of benzene rings is 8.